The van der Waals surface area contributed by atoms with Crippen molar-refractivity contribution in [3.63, 3.8) is 0 Å². The molecule has 1 atom stereocenters. The summed E-state index contributed by atoms with van der Waals surface area (Å²) in [6, 6.07) is 5.24. The van der Waals surface area contributed by atoms with Crippen molar-refractivity contribution < 1.29 is 22.1 Å². The molecule has 1 heterocycles. The first-order chi connectivity index (χ1) is 9.98. The van der Waals surface area contributed by atoms with Gasteiger partial charge in [-0.15, -0.1) is 0 Å². The normalized spacial score (nSPS) is 18.7. The van der Waals surface area contributed by atoms with Crippen LogP contribution in [-0.4, -0.2) is 41.0 Å². The summed E-state index contributed by atoms with van der Waals surface area (Å²) in [6.07, 6.45) is 3.48. The summed E-state index contributed by atoms with van der Waals surface area (Å²) >= 11 is 0. The van der Waals surface area contributed by atoms with Crippen LogP contribution >= 0.6 is 0 Å². The molecule has 1 saturated heterocycles. The maximum atomic E-state index is 11.3. The first-order valence-electron chi connectivity index (χ1n) is 6.86. The summed E-state index contributed by atoms with van der Waals surface area (Å²) < 4.78 is 38.1. The number of benzene rings is 1. The predicted octanol–water partition coefficient (Wildman–Crippen LogP) is 1.30. The largest absolute Gasteiger partial charge is 0.493 e. The lowest BCUT2D eigenvalue weighted by molar-refractivity contribution is 0.110. The van der Waals surface area contributed by atoms with Crippen molar-refractivity contribution in [2.45, 2.75) is 25.5 Å². The minimum atomic E-state index is -3.58. The van der Waals surface area contributed by atoms with Crippen LogP contribution in [0.5, 0.6) is 11.5 Å². The Morgan fingerprint density at radius 3 is 2.81 bits per heavy atom. The van der Waals surface area contributed by atoms with E-state index in [9.17, 15) is 8.42 Å². The smallest absolute Gasteiger partial charge is 0.306 e. The van der Waals surface area contributed by atoms with Crippen LogP contribution < -0.4 is 14.2 Å². The Labute approximate surface area is 125 Å². The standard InChI is InChI=1S/C14H21NO5S/c1-18-13-6-5-11(8-14(13)20-21(2,16)17)9-15-10-12-4-3-7-19-12/h5-6,8,12,15H,3-4,7,9-10H2,1-2H3. The molecule has 7 heteroatoms. The fraction of sp³-hybridized carbons (Fsp3) is 0.571. The molecule has 1 fully saturated rings. The number of rotatable bonds is 7. The molecule has 1 aromatic carbocycles. The zero-order chi connectivity index (χ0) is 15.3. The summed E-state index contributed by atoms with van der Waals surface area (Å²) in [5.74, 6) is 0.597. The van der Waals surface area contributed by atoms with Gasteiger partial charge in [-0.05, 0) is 30.5 Å². The lowest BCUT2D eigenvalue weighted by Gasteiger charge is -2.13. The molecular weight excluding hydrogens is 294 g/mol. The van der Waals surface area contributed by atoms with Gasteiger partial charge in [-0.2, -0.15) is 8.42 Å². The highest BCUT2D eigenvalue weighted by Crippen LogP contribution is 2.29. The Morgan fingerprint density at radius 1 is 1.38 bits per heavy atom. The van der Waals surface area contributed by atoms with E-state index < -0.39 is 10.1 Å². The number of ether oxygens (including phenoxy) is 2. The molecular formula is C14H21NO5S. The highest BCUT2D eigenvalue weighted by atomic mass is 32.2. The van der Waals surface area contributed by atoms with E-state index in [0.717, 1.165) is 37.8 Å². The Balaban J connectivity index is 1.97. The zero-order valence-corrected chi connectivity index (χ0v) is 13.1. The molecule has 6 nitrogen and oxygen atoms in total. The third-order valence-electron chi connectivity index (χ3n) is 3.19. The molecule has 1 unspecified atom stereocenters. The van der Waals surface area contributed by atoms with Gasteiger partial charge in [0.25, 0.3) is 0 Å². The number of hydrogen-bond acceptors (Lipinski definition) is 6. The molecule has 0 aromatic heterocycles. The number of nitrogens with one attached hydrogen (secondary N) is 1. The molecule has 0 saturated carbocycles. The van der Waals surface area contributed by atoms with Gasteiger partial charge >= 0.3 is 10.1 Å². The molecule has 0 aliphatic carbocycles. The average Bonchev–Trinajstić information content (AvgIpc) is 2.90. The maximum Gasteiger partial charge on any atom is 0.306 e. The van der Waals surface area contributed by atoms with Crippen LogP contribution in [0.15, 0.2) is 18.2 Å². The van der Waals surface area contributed by atoms with Crippen molar-refractivity contribution in [2.24, 2.45) is 0 Å². The van der Waals surface area contributed by atoms with Gasteiger partial charge < -0.3 is 19.0 Å². The summed E-state index contributed by atoms with van der Waals surface area (Å²) in [7, 11) is -2.11. The highest BCUT2D eigenvalue weighted by molar-refractivity contribution is 7.86. The van der Waals surface area contributed by atoms with Crippen LogP contribution in [0.4, 0.5) is 0 Å². The third kappa shape index (κ3) is 5.18. The fourth-order valence-electron chi connectivity index (χ4n) is 2.24. The molecule has 118 valence electrons. The summed E-state index contributed by atoms with van der Waals surface area (Å²) in [5, 5.41) is 3.30. The van der Waals surface area contributed by atoms with Gasteiger partial charge in [0, 0.05) is 19.7 Å². The average molecular weight is 315 g/mol. The van der Waals surface area contributed by atoms with Crippen molar-refractivity contribution in [1.29, 1.82) is 0 Å². The first kappa shape index (κ1) is 16.1. The van der Waals surface area contributed by atoms with Gasteiger partial charge in [0.2, 0.25) is 0 Å². The maximum absolute atomic E-state index is 11.3. The van der Waals surface area contributed by atoms with Crippen LogP contribution in [-0.2, 0) is 21.4 Å². The van der Waals surface area contributed by atoms with Crippen molar-refractivity contribution in [3.05, 3.63) is 23.8 Å². The molecule has 0 bridgehead atoms. The van der Waals surface area contributed by atoms with Gasteiger partial charge in [0.05, 0.1) is 19.5 Å². The third-order valence-corrected chi connectivity index (χ3v) is 3.68. The van der Waals surface area contributed by atoms with Gasteiger partial charge in [0.1, 0.15) is 0 Å². The van der Waals surface area contributed by atoms with E-state index in [1.165, 1.54) is 7.11 Å². The Morgan fingerprint density at radius 2 is 2.19 bits per heavy atom. The minimum Gasteiger partial charge on any atom is -0.493 e. The molecule has 0 radical (unpaired) electrons. The van der Waals surface area contributed by atoms with Crippen molar-refractivity contribution in [3.8, 4) is 11.5 Å². The molecule has 1 N–H and O–H groups in total. The van der Waals surface area contributed by atoms with Gasteiger partial charge in [-0.1, -0.05) is 6.07 Å². The molecule has 0 amide bonds. The zero-order valence-electron chi connectivity index (χ0n) is 12.3. The van der Waals surface area contributed by atoms with E-state index in [-0.39, 0.29) is 11.9 Å². The van der Waals surface area contributed by atoms with E-state index >= 15 is 0 Å². The van der Waals surface area contributed by atoms with Crippen LogP contribution in [0.2, 0.25) is 0 Å². The lowest BCUT2D eigenvalue weighted by Crippen LogP contribution is -2.25. The molecule has 0 spiro atoms. The van der Waals surface area contributed by atoms with Crippen LogP contribution in [0.3, 0.4) is 0 Å². The number of methoxy groups -OCH3 is 1. The van der Waals surface area contributed by atoms with Gasteiger partial charge in [0.15, 0.2) is 11.5 Å². The summed E-state index contributed by atoms with van der Waals surface area (Å²) in [6.45, 7) is 2.24. The van der Waals surface area contributed by atoms with Crippen LogP contribution in [0.1, 0.15) is 18.4 Å². The second-order valence-electron chi connectivity index (χ2n) is 5.04. The summed E-state index contributed by atoms with van der Waals surface area (Å²) in [5.41, 5.74) is 0.924. The van der Waals surface area contributed by atoms with E-state index in [0.29, 0.717) is 12.3 Å². The second-order valence-corrected chi connectivity index (χ2v) is 6.61. The fourth-order valence-corrected chi connectivity index (χ4v) is 2.70. The van der Waals surface area contributed by atoms with E-state index in [1.807, 2.05) is 6.07 Å². The Bertz CT molecular complexity index is 567. The van der Waals surface area contributed by atoms with Crippen LogP contribution in [0.25, 0.3) is 0 Å². The SMILES string of the molecule is COc1ccc(CNCC2CCCO2)cc1OS(C)(=O)=O. The van der Waals surface area contributed by atoms with Crippen molar-refractivity contribution in [2.75, 3.05) is 26.5 Å². The number of hydrogen-bond donors (Lipinski definition) is 1. The second kappa shape index (κ2) is 7.11. The highest BCUT2D eigenvalue weighted by Gasteiger charge is 2.15. The van der Waals surface area contributed by atoms with E-state index in [2.05, 4.69) is 5.32 Å². The molecule has 1 aliphatic rings. The molecule has 1 aliphatic heterocycles. The topological polar surface area (TPSA) is 73.9 Å². The van der Waals surface area contributed by atoms with Crippen molar-refractivity contribution >= 4 is 10.1 Å². The first-order valence-corrected chi connectivity index (χ1v) is 8.68. The summed E-state index contributed by atoms with van der Waals surface area (Å²) in [4.78, 5) is 0. The minimum absolute atomic E-state index is 0.205. The van der Waals surface area contributed by atoms with Crippen molar-refractivity contribution in [1.82, 2.24) is 5.32 Å². The van der Waals surface area contributed by atoms with E-state index in [1.54, 1.807) is 12.1 Å². The predicted molar refractivity (Wildman–Crippen MR) is 79.1 cm³/mol. The quantitative estimate of drug-likeness (QED) is 0.765. The monoisotopic (exact) mass is 315 g/mol. The Hall–Kier alpha value is -1.31. The molecule has 1 aromatic rings. The lowest BCUT2D eigenvalue weighted by atomic mass is 10.2. The van der Waals surface area contributed by atoms with E-state index in [4.69, 9.17) is 13.7 Å². The van der Waals surface area contributed by atoms with Gasteiger partial charge in [-0.3, -0.25) is 0 Å². The van der Waals surface area contributed by atoms with Gasteiger partial charge in [-0.25, -0.2) is 0 Å². The van der Waals surface area contributed by atoms with Crippen LogP contribution in [0, 0.1) is 0 Å². The molecule has 2 rings (SSSR count). The Kier molecular flexibility index (Phi) is 5.44. The molecule has 21 heavy (non-hydrogen) atoms.